The summed E-state index contributed by atoms with van der Waals surface area (Å²) in [6.07, 6.45) is 0. The van der Waals surface area contributed by atoms with E-state index in [1.807, 2.05) is 60.1 Å². The maximum atomic E-state index is 12.9. The first-order valence-corrected chi connectivity index (χ1v) is 8.27. The molecule has 124 valence electrons. The number of amides is 1. The second-order valence-corrected chi connectivity index (χ2v) is 6.00. The van der Waals surface area contributed by atoms with Crippen LogP contribution >= 0.6 is 0 Å². The number of benzene rings is 3. The van der Waals surface area contributed by atoms with Crippen LogP contribution in [0, 0.1) is 0 Å². The first-order valence-electron chi connectivity index (χ1n) is 8.27. The second kappa shape index (κ2) is 6.02. The fourth-order valence-electron chi connectivity index (χ4n) is 3.04. The van der Waals surface area contributed by atoms with Gasteiger partial charge in [-0.05, 0) is 48.0 Å². The smallest absolute Gasteiger partial charge is 0.258 e. The Morgan fingerprint density at radius 2 is 1.84 bits per heavy atom. The molecule has 0 bridgehead atoms. The van der Waals surface area contributed by atoms with E-state index in [2.05, 4.69) is 16.4 Å². The van der Waals surface area contributed by atoms with E-state index in [1.54, 1.807) is 18.0 Å². The number of nitrogens with zero attached hydrogens (tertiary/aromatic N) is 4. The standard InChI is InChI=1S/C20H18N4O/c1-3-24-19-11-9-16(13-18(19)21-22-24)20(25)23(2)17-10-8-14-6-4-5-7-15(14)12-17/h4-13H,3H2,1-2H3. The largest absolute Gasteiger partial charge is 0.311 e. The minimum atomic E-state index is -0.0665. The van der Waals surface area contributed by atoms with E-state index in [0.717, 1.165) is 34.0 Å². The van der Waals surface area contributed by atoms with Gasteiger partial charge in [0.1, 0.15) is 5.52 Å². The summed E-state index contributed by atoms with van der Waals surface area (Å²) in [4.78, 5) is 14.5. The summed E-state index contributed by atoms with van der Waals surface area (Å²) < 4.78 is 1.82. The Morgan fingerprint density at radius 3 is 2.64 bits per heavy atom. The predicted molar refractivity (Wildman–Crippen MR) is 99.9 cm³/mol. The van der Waals surface area contributed by atoms with Gasteiger partial charge in [-0.15, -0.1) is 5.10 Å². The maximum absolute atomic E-state index is 12.9. The molecule has 0 spiro atoms. The van der Waals surface area contributed by atoms with Crippen molar-refractivity contribution in [3.05, 3.63) is 66.2 Å². The number of hydrogen-bond donors (Lipinski definition) is 0. The highest BCUT2D eigenvalue weighted by molar-refractivity contribution is 6.08. The highest BCUT2D eigenvalue weighted by Gasteiger charge is 2.15. The lowest BCUT2D eigenvalue weighted by Crippen LogP contribution is -2.26. The summed E-state index contributed by atoms with van der Waals surface area (Å²) in [6.45, 7) is 2.77. The van der Waals surface area contributed by atoms with Gasteiger partial charge >= 0.3 is 0 Å². The molecule has 5 nitrogen and oxygen atoms in total. The van der Waals surface area contributed by atoms with Gasteiger partial charge in [0.2, 0.25) is 0 Å². The van der Waals surface area contributed by atoms with Crippen LogP contribution < -0.4 is 4.90 Å². The van der Waals surface area contributed by atoms with Crippen molar-refractivity contribution in [1.82, 2.24) is 15.0 Å². The lowest BCUT2D eigenvalue weighted by Gasteiger charge is -2.18. The molecule has 0 atom stereocenters. The van der Waals surface area contributed by atoms with E-state index in [9.17, 15) is 4.79 Å². The Hall–Kier alpha value is -3.21. The number of carbonyl (C=O) groups excluding carboxylic acids is 1. The summed E-state index contributed by atoms with van der Waals surface area (Å²) in [5.41, 5.74) is 3.14. The molecule has 0 aliphatic carbocycles. The van der Waals surface area contributed by atoms with Crippen LogP contribution in [0.5, 0.6) is 0 Å². The number of rotatable bonds is 3. The predicted octanol–water partition coefficient (Wildman–Crippen LogP) is 3.88. The SMILES string of the molecule is CCn1nnc2cc(C(=O)N(C)c3ccc4ccccc4c3)ccc21. The average Bonchev–Trinajstić information content (AvgIpc) is 3.08. The molecule has 4 aromatic rings. The molecule has 1 aromatic heterocycles. The summed E-state index contributed by atoms with van der Waals surface area (Å²) in [6, 6.07) is 19.7. The van der Waals surface area contributed by atoms with Crippen LogP contribution in [0.4, 0.5) is 5.69 Å². The Morgan fingerprint density at radius 1 is 1.04 bits per heavy atom. The van der Waals surface area contributed by atoms with Crippen molar-refractivity contribution in [2.75, 3.05) is 11.9 Å². The normalized spacial score (nSPS) is 11.1. The van der Waals surface area contributed by atoms with Crippen molar-refractivity contribution in [1.29, 1.82) is 0 Å². The van der Waals surface area contributed by atoms with Crippen LogP contribution in [0.1, 0.15) is 17.3 Å². The van der Waals surface area contributed by atoms with Crippen LogP contribution in [-0.4, -0.2) is 27.9 Å². The van der Waals surface area contributed by atoms with Crippen molar-refractivity contribution >= 4 is 33.4 Å². The molecule has 4 rings (SSSR count). The monoisotopic (exact) mass is 330 g/mol. The molecular weight excluding hydrogens is 312 g/mol. The first kappa shape index (κ1) is 15.3. The molecule has 1 amide bonds. The Kier molecular flexibility index (Phi) is 3.69. The van der Waals surface area contributed by atoms with E-state index in [1.165, 1.54) is 0 Å². The highest BCUT2D eigenvalue weighted by Crippen LogP contribution is 2.23. The van der Waals surface area contributed by atoms with Crippen molar-refractivity contribution in [2.45, 2.75) is 13.5 Å². The van der Waals surface area contributed by atoms with Gasteiger partial charge in [0.05, 0.1) is 5.52 Å². The van der Waals surface area contributed by atoms with Gasteiger partial charge < -0.3 is 4.90 Å². The zero-order valence-corrected chi connectivity index (χ0v) is 14.2. The number of aryl methyl sites for hydroxylation is 1. The number of carbonyl (C=O) groups is 1. The molecule has 0 saturated carbocycles. The highest BCUT2D eigenvalue weighted by atomic mass is 16.2. The maximum Gasteiger partial charge on any atom is 0.258 e. The van der Waals surface area contributed by atoms with Gasteiger partial charge in [0, 0.05) is 24.8 Å². The van der Waals surface area contributed by atoms with Gasteiger partial charge in [0.25, 0.3) is 5.91 Å². The lowest BCUT2D eigenvalue weighted by molar-refractivity contribution is 0.0993. The van der Waals surface area contributed by atoms with Gasteiger partial charge in [0.15, 0.2) is 0 Å². The Bertz CT molecular complexity index is 1080. The Balaban J connectivity index is 1.68. The zero-order chi connectivity index (χ0) is 17.4. The van der Waals surface area contributed by atoms with Crippen molar-refractivity contribution < 1.29 is 4.79 Å². The number of fused-ring (bicyclic) bond motifs is 2. The zero-order valence-electron chi connectivity index (χ0n) is 14.2. The fourth-order valence-corrected chi connectivity index (χ4v) is 3.04. The van der Waals surface area contributed by atoms with E-state index < -0.39 is 0 Å². The third-order valence-electron chi connectivity index (χ3n) is 4.49. The fraction of sp³-hybridized carbons (Fsp3) is 0.150. The van der Waals surface area contributed by atoms with E-state index in [-0.39, 0.29) is 5.91 Å². The van der Waals surface area contributed by atoms with Crippen LogP contribution in [-0.2, 0) is 6.54 Å². The molecule has 0 saturated heterocycles. The summed E-state index contributed by atoms with van der Waals surface area (Å²) in [5, 5.41) is 10.5. The van der Waals surface area contributed by atoms with Gasteiger partial charge in [-0.25, -0.2) is 4.68 Å². The van der Waals surface area contributed by atoms with Crippen LogP contribution in [0.15, 0.2) is 60.7 Å². The van der Waals surface area contributed by atoms with Crippen molar-refractivity contribution in [3.8, 4) is 0 Å². The third kappa shape index (κ3) is 2.63. The minimum Gasteiger partial charge on any atom is -0.311 e. The third-order valence-corrected chi connectivity index (χ3v) is 4.49. The van der Waals surface area contributed by atoms with Gasteiger partial charge in [-0.1, -0.05) is 35.5 Å². The average molecular weight is 330 g/mol. The summed E-state index contributed by atoms with van der Waals surface area (Å²) >= 11 is 0. The summed E-state index contributed by atoms with van der Waals surface area (Å²) in [7, 11) is 1.79. The van der Waals surface area contributed by atoms with Crippen molar-refractivity contribution in [2.24, 2.45) is 0 Å². The lowest BCUT2D eigenvalue weighted by atomic mass is 10.1. The molecule has 0 aliphatic heterocycles. The van der Waals surface area contributed by atoms with E-state index in [4.69, 9.17) is 0 Å². The molecule has 1 heterocycles. The second-order valence-electron chi connectivity index (χ2n) is 6.00. The van der Waals surface area contributed by atoms with Crippen molar-refractivity contribution in [3.63, 3.8) is 0 Å². The van der Waals surface area contributed by atoms with Crippen LogP contribution in [0.2, 0.25) is 0 Å². The van der Waals surface area contributed by atoms with Gasteiger partial charge in [-0.3, -0.25) is 4.79 Å². The summed E-state index contributed by atoms with van der Waals surface area (Å²) in [5.74, 6) is -0.0665. The quantitative estimate of drug-likeness (QED) is 0.573. The Labute approximate surface area is 145 Å². The molecule has 0 N–H and O–H groups in total. The van der Waals surface area contributed by atoms with E-state index in [0.29, 0.717) is 5.56 Å². The molecule has 5 heteroatoms. The molecular formula is C20H18N4O. The first-order chi connectivity index (χ1) is 12.2. The van der Waals surface area contributed by atoms with Crippen LogP contribution in [0.25, 0.3) is 21.8 Å². The van der Waals surface area contributed by atoms with Gasteiger partial charge in [-0.2, -0.15) is 0 Å². The van der Waals surface area contributed by atoms with E-state index >= 15 is 0 Å². The number of hydrogen-bond acceptors (Lipinski definition) is 3. The molecule has 0 unspecified atom stereocenters. The molecule has 0 fully saturated rings. The molecule has 3 aromatic carbocycles. The molecule has 0 radical (unpaired) electrons. The number of anilines is 1. The topological polar surface area (TPSA) is 51.0 Å². The van der Waals surface area contributed by atoms with Crippen LogP contribution in [0.3, 0.4) is 0 Å². The molecule has 0 aliphatic rings. The number of aromatic nitrogens is 3. The molecule has 25 heavy (non-hydrogen) atoms. The minimum absolute atomic E-state index is 0.0665.